The molecule has 0 saturated heterocycles. The van der Waals surface area contributed by atoms with E-state index in [9.17, 15) is 29.4 Å². The number of amides is 4. The first-order valence-corrected chi connectivity index (χ1v) is 22.3. The number of carbonyl (C=O) groups is 4. The van der Waals surface area contributed by atoms with Crippen molar-refractivity contribution in [3.63, 3.8) is 0 Å². The van der Waals surface area contributed by atoms with Gasteiger partial charge in [-0.3, -0.25) is 28.2 Å². The van der Waals surface area contributed by atoms with Gasteiger partial charge in [-0.2, -0.15) is 0 Å². The predicted octanol–water partition coefficient (Wildman–Crippen LogP) is 5.78. The summed E-state index contributed by atoms with van der Waals surface area (Å²) in [6, 6.07) is 8.41. The van der Waals surface area contributed by atoms with Gasteiger partial charge in [0.05, 0.1) is 18.8 Å². The average Bonchev–Trinajstić information content (AvgIpc) is 3.09. The molecule has 10 N–H and O–H groups in total. The minimum atomic E-state index is -2.99. The zero-order chi connectivity index (χ0) is 45.0. The van der Waals surface area contributed by atoms with Gasteiger partial charge < -0.3 is 29.8 Å². The number of rotatable bonds is 21. The standard InChI is InChI=1S/C40H64N4O12P2S/c1-24-18-29(30(39(3,4)5)20-27(24)28-21-31(40(6,7)8)32(59)19-25(28)2)26(38(50)44(42)34(46)22-36(48)49)16-14-12-10-9-11-13-15-17-33(45)43(41)35(47)23-37(55-57(51)52)56-58(53)54/h18-21,26,36-37,48-49,51-54,59H,9-17,22-23,41-42H2,1-8H3. The Morgan fingerprint density at radius 1 is 0.678 bits per heavy atom. The van der Waals surface area contributed by atoms with E-state index in [1.165, 1.54) is 0 Å². The number of unbranched alkanes of at least 4 members (excludes halogenated alkanes) is 6. The highest BCUT2D eigenvalue weighted by Gasteiger charge is 2.34. The molecular formula is C40H64N4O12P2S. The molecule has 2 aromatic carbocycles. The Labute approximate surface area is 355 Å². The lowest BCUT2D eigenvalue weighted by Crippen LogP contribution is -2.46. The van der Waals surface area contributed by atoms with Gasteiger partial charge in [0, 0.05) is 11.3 Å². The molecule has 2 rings (SSSR count). The van der Waals surface area contributed by atoms with Crippen LogP contribution in [0, 0.1) is 13.8 Å². The van der Waals surface area contributed by atoms with Crippen LogP contribution in [0.2, 0.25) is 0 Å². The van der Waals surface area contributed by atoms with Gasteiger partial charge in [-0.15, -0.1) is 12.6 Å². The summed E-state index contributed by atoms with van der Waals surface area (Å²) < 4.78 is 9.07. The number of aliphatic hydroxyl groups excluding tert-OH is 1. The van der Waals surface area contributed by atoms with Crippen LogP contribution in [0.25, 0.3) is 11.1 Å². The Hall–Kier alpha value is -2.47. The maximum atomic E-state index is 14.1. The normalized spacial score (nSPS) is 12.8. The molecule has 0 bridgehead atoms. The van der Waals surface area contributed by atoms with E-state index in [1.807, 2.05) is 13.0 Å². The van der Waals surface area contributed by atoms with Gasteiger partial charge >= 0.3 is 17.2 Å². The quantitative estimate of drug-likeness (QED) is 0.0137. The van der Waals surface area contributed by atoms with E-state index < -0.39 is 77.6 Å². The monoisotopic (exact) mass is 886 g/mol. The number of aliphatic hydroxyl groups is 2. The van der Waals surface area contributed by atoms with Gasteiger partial charge in [0.2, 0.25) is 17.7 Å². The van der Waals surface area contributed by atoms with Crippen molar-refractivity contribution in [2.45, 2.75) is 160 Å². The van der Waals surface area contributed by atoms with Gasteiger partial charge in [-0.05, 0) is 88.6 Å². The van der Waals surface area contributed by atoms with Crippen molar-refractivity contribution in [2.75, 3.05) is 0 Å². The number of nitrogens with zero attached hydrogens (tertiary/aromatic N) is 2. The third-order valence-electron chi connectivity index (χ3n) is 9.87. The number of carbonyl (C=O) groups excluding carboxylic acids is 4. The molecule has 0 fully saturated rings. The molecule has 0 saturated carbocycles. The number of benzene rings is 2. The second-order valence-corrected chi connectivity index (χ2v) is 18.7. The van der Waals surface area contributed by atoms with Gasteiger partial charge in [0.25, 0.3) is 5.91 Å². The van der Waals surface area contributed by atoms with Crippen molar-refractivity contribution in [3.8, 4) is 11.1 Å². The number of hydrogen-bond donors (Lipinski definition) is 9. The summed E-state index contributed by atoms with van der Waals surface area (Å²) in [6.07, 6.45) is 0.0757. The molecule has 2 aromatic rings. The molecule has 332 valence electrons. The summed E-state index contributed by atoms with van der Waals surface area (Å²) in [5.41, 5.74) is 6.31. The van der Waals surface area contributed by atoms with Crippen molar-refractivity contribution in [3.05, 3.63) is 52.1 Å². The van der Waals surface area contributed by atoms with Crippen LogP contribution in [0.4, 0.5) is 0 Å². The van der Waals surface area contributed by atoms with Crippen LogP contribution in [-0.2, 0) is 39.1 Å². The van der Waals surface area contributed by atoms with Crippen molar-refractivity contribution < 1.29 is 58.0 Å². The molecule has 0 radical (unpaired) electrons. The highest BCUT2D eigenvalue weighted by Crippen LogP contribution is 2.42. The van der Waals surface area contributed by atoms with E-state index in [2.05, 4.69) is 75.7 Å². The Balaban J connectivity index is 2.19. The fraction of sp³-hybridized carbons (Fsp3) is 0.600. The van der Waals surface area contributed by atoms with E-state index in [-0.39, 0.29) is 11.8 Å². The lowest BCUT2D eigenvalue weighted by molar-refractivity contribution is -0.152. The smallest absolute Gasteiger partial charge is 0.329 e. The SMILES string of the molecule is Cc1cc(S)c(C(C)(C)C)cc1-c1cc(C(C)(C)C)c(C(CCCCCCCCCC(=O)N(N)C(=O)CC(OP(O)O)OP(O)O)C(=O)N(N)C(=O)CC(O)O)cc1C. The van der Waals surface area contributed by atoms with Crippen LogP contribution < -0.4 is 11.7 Å². The highest BCUT2D eigenvalue weighted by atomic mass is 32.1. The Kier molecular flexibility index (Phi) is 21.1. The molecular weight excluding hydrogens is 822 g/mol. The van der Waals surface area contributed by atoms with Crippen LogP contribution in [-0.4, -0.2) is 76.0 Å². The van der Waals surface area contributed by atoms with Gasteiger partial charge in [-0.25, -0.2) is 21.7 Å². The average molecular weight is 887 g/mol. The van der Waals surface area contributed by atoms with E-state index in [0.717, 1.165) is 69.5 Å². The first-order valence-electron chi connectivity index (χ1n) is 19.5. The van der Waals surface area contributed by atoms with Crippen molar-refractivity contribution in [1.82, 2.24) is 10.0 Å². The summed E-state index contributed by atoms with van der Waals surface area (Å²) in [7, 11) is -5.97. The van der Waals surface area contributed by atoms with Crippen LogP contribution in [0.15, 0.2) is 29.2 Å². The lowest BCUT2D eigenvalue weighted by atomic mass is 9.75. The molecule has 59 heavy (non-hydrogen) atoms. The minimum Gasteiger partial charge on any atom is -0.368 e. The van der Waals surface area contributed by atoms with Crippen LogP contribution in [0.3, 0.4) is 0 Å². The number of imide groups is 2. The van der Waals surface area contributed by atoms with E-state index in [0.29, 0.717) is 35.7 Å². The molecule has 0 aliphatic carbocycles. The fourth-order valence-electron chi connectivity index (χ4n) is 6.81. The van der Waals surface area contributed by atoms with Gasteiger partial charge in [0.15, 0.2) is 12.6 Å². The Morgan fingerprint density at radius 2 is 1.14 bits per heavy atom. The molecule has 0 aromatic heterocycles. The number of hydrazine groups is 2. The van der Waals surface area contributed by atoms with Crippen LogP contribution in [0.1, 0.15) is 146 Å². The maximum absolute atomic E-state index is 14.1. The first kappa shape index (κ1) is 52.7. The molecule has 0 aliphatic heterocycles. The maximum Gasteiger partial charge on any atom is 0.329 e. The van der Waals surface area contributed by atoms with Crippen molar-refractivity contribution in [1.29, 1.82) is 0 Å². The number of thiol groups is 1. The molecule has 0 heterocycles. The Bertz CT molecular complexity index is 1740. The third kappa shape index (κ3) is 16.7. The van der Waals surface area contributed by atoms with E-state index in [1.54, 1.807) is 0 Å². The van der Waals surface area contributed by atoms with Gasteiger partial charge in [-0.1, -0.05) is 92.2 Å². The van der Waals surface area contributed by atoms with Crippen LogP contribution in [0.5, 0.6) is 0 Å². The number of aryl methyl sites for hydroxylation is 2. The topological polar surface area (TPSA) is 267 Å². The Morgan fingerprint density at radius 3 is 1.63 bits per heavy atom. The zero-order valence-electron chi connectivity index (χ0n) is 35.3. The molecule has 0 aliphatic rings. The summed E-state index contributed by atoms with van der Waals surface area (Å²) >= 11 is 4.78. The van der Waals surface area contributed by atoms with Gasteiger partial charge in [0.1, 0.15) is 0 Å². The zero-order valence-corrected chi connectivity index (χ0v) is 38.0. The molecule has 16 nitrogen and oxygen atoms in total. The third-order valence-corrected chi connectivity index (χ3v) is 11.1. The minimum absolute atomic E-state index is 0.0361. The van der Waals surface area contributed by atoms with Crippen LogP contribution >= 0.6 is 29.8 Å². The van der Waals surface area contributed by atoms with E-state index in [4.69, 9.17) is 43.9 Å². The number of hydrogen-bond acceptors (Lipinski definition) is 15. The summed E-state index contributed by atoms with van der Waals surface area (Å²) in [4.78, 5) is 88.6. The fourth-order valence-corrected chi connectivity index (χ4v) is 8.13. The second-order valence-electron chi connectivity index (χ2n) is 16.8. The van der Waals surface area contributed by atoms with E-state index >= 15 is 0 Å². The molecule has 1 atom stereocenters. The summed E-state index contributed by atoms with van der Waals surface area (Å²) in [5.74, 6) is 7.69. The van der Waals surface area contributed by atoms with Crippen molar-refractivity contribution in [2.24, 2.45) is 11.7 Å². The molecule has 19 heteroatoms. The largest absolute Gasteiger partial charge is 0.368 e. The molecule has 0 spiro atoms. The second kappa shape index (κ2) is 23.7. The highest BCUT2D eigenvalue weighted by molar-refractivity contribution is 7.80. The molecule has 4 amide bonds. The predicted molar refractivity (Wildman–Crippen MR) is 229 cm³/mol. The van der Waals surface area contributed by atoms with Crippen molar-refractivity contribution >= 4 is 53.5 Å². The molecule has 1 unspecified atom stereocenters. The number of nitrogens with two attached hydrogens (primary N) is 2. The summed E-state index contributed by atoms with van der Waals surface area (Å²) in [5, 5.41) is 19.7. The summed E-state index contributed by atoms with van der Waals surface area (Å²) in [6.45, 7) is 16.7. The lowest BCUT2D eigenvalue weighted by Gasteiger charge is -2.31. The first-order chi connectivity index (χ1) is 27.3.